The third-order valence-corrected chi connectivity index (χ3v) is 5.02. The fourth-order valence-corrected chi connectivity index (χ4v) is 3.16. The molecule has 0 bridgehead atoms. The molecule has 2 aromatic rings. The standard InChI is InChI=1S/C22H27F3N4OS/c1-27-31-14-12-29-21-8-5-17(16-3-6-18(7-4-16)22(23,24)25)15-19(21)20(26)9-10-28-11-13-30-2/h3-10,15,27,29H,11-14,26H2,1-2H3. The highest BCUT2D eigenvalue weighted by atomic mass is 32.2. The van der Waals surface area contributed by atoms with Gasteiger partial charge >= 0.3 is 6.18 Å². The van der Waals surface area contributed by atoms with Crippen LogP contribution < -0.4 is 15.8 Å². The Kier molecular flexibility index (Phi) is 9.90. The first-order valence-corrected chi connectivity index (χ1v) is 10.6. The lowest BCUT2D eigenvalue weighted by Crippen LogP contribution is -2.10. The Balaban J connectivity index is 2.31. The molecule has 168 valence electrons. The number of alkyl halides is 3. The Morgan fingerprint density at radius 1 is 1.16 bits per heavy atom. The third kappa shape index (κ3) is 7.93. The maximum atomic E-state index is 12.9. The molecule has 0 heterocycles. The Morgan fingerprint density at radius 2 is 1.87 bits per heavy atom. The number of halogens is 3. The predicted molar refractivity (Wildman–Crippen MR) is 124 cm³/mol. The lowest BCUT2D eigenvalue weighted by Gasteiger charge is -2.15. The molecular formula is C22H27F3N4OS. The van der Waals surface area contributed by atoms with Gasteiger partial charge in [-0.25, -0.2) is 0 Å². The summed E-state index contributed by atoms with van der Waals surface area (Å²) in [6.07, 6.45) is -1.03. The van der Waals surface area contributed by atoms with Gasteiger partial charge in [0.25, 0.3) is 0 Å². The average molecular weight is 453 g/mol. The number of aliphatic imine (C=N–C) groups is 1. The number of nitrogens with zero attached hydrogens (tertiary/aromatic N) is 1. The van der Waals surface area contributed by atoms with Gasteiger partial charge in [-0.3, -0.25) is 9.71 Å². The molecule has 0 aliphatic carbocycles. The Labute approximate surface area is 185 Å². The van der Waals surface area contributed by atoms with E-state index in [1.54, 1.807) is 31.3 Å². The summed E-state index contributed by atoms with van der Waals surface area (Å²) >= 11 is 1.58. The number of benzene rings is 2. The second kappa shape index (κ2) is 12.4. The smallest absolute Gasteiger partial charge is 0.398 e. The van der Waals surface area contributed by atoms with Crippen LogP contribution in [0.25, 0.3) is 16.8 Å². The molecule has 0 spiro atoms. The number of nitrogens with two attached hydrogens (primary N) is 1. The number of rotatable bonds is 11. The largest absolute Gasteiger partial charge is 0.416 e. The van der Waals surface area contributed by atoms with E-state index in [4.69, 9.17) is 10.5 Å². The third-order valence-electron chi connectivity index (χ3n) is 4.32. The van der Waals surface area contributed by atoms with E-state index in [1.807, 2.05) is 25.2 Å². The van der Waals surface area contributed by atoms with Gasteiger partial charge in [0, 0.05) is 42.6 Å². The van der Waals surface area contributed by atoms with Crippen molar-refractivity contribution in [1.29, 1.82) is 0 Å². The second-order valence-corrected chi connectivity index (χ2v) is 7.59. The Morgan fingerprint density at radius 3 is 2.52 bits per heavy atom. The quantitative estimate of drug-likeness (QED) is 0.263. The average Bonchev–Trinajstić information content (AvgIpc) is 2.76. The van der Waals surface area contributed by atoms with Gasteiger partial charge in [-0.15, -0.1) is 0 Å². The highest BCUT2D eigenvalue weighted by molar-refractivity contribution is 7.97. The van der Waals surface area contributed by atoms with Gasteiger partial charge in [0.15, 0.2) is 0 Å². The van der Waals surface area contributed by atoms with Crippen molar-refractivity contribution in [1.82, 2.24) is 4.72 Å². The molecule has 4 N–H and O–H groups in total. The van der Waals surface area contributed by atoms with Gasteiger partial charge in [0.1, 0.15) is 0 Å². The molecule has 9 heteroatoms. The normalized spacial score (nSPS) is 12.5. The SMILES string of the molecule is CNSCCNc1ccc(-c2ccc(C(F)(F)F)cc2)cc1C(N)=CC=NCCOC. The fourth-order valence-electron chi connectivity index (χ4n) is 2.75. The van der Waals surface area contributed by atoms with Crippen molar-refractivity contribution >= 4 is 29.5 Å². The number of ether oxygens (including phenoxy) is 1. The lowest BCUT2D eigenvalue weighted by molar-refractivity contribution is -0.137. The minimum Gasteiger partial charge on any atom is -0.398 e. The number of hydrogen-bond donors (Lipinski definition) is 3. The van der Waals surface area contributed by atoms with Crippen LogP contribution in [0.3, 0.4) is 0 Å². The summed E-state index contributed by atoms with van der Waals surface area (Å²) in [6.45, 7) is 1.76. The van der Waals surface area contributed by atoms with Crippen LogP contribution in [-0.2, 0) is 10.9 Å². The zero-order valence-electron chi connectivity index (χ0n) is 17.5. The summed E-state index contributed by atoms with van der Waals surface area (Å²) in [7, 11) is 3.47. The molecule has 0 fully saturated rings. The van der Waals surface area contributed by atoms with Crippen LogP contribution in [-0.4, -0.2) is 45.8 Å². The van der Waals surface area contributed by atoms with Gasteiger partial charge in [0.05, 0.1) is 18.7 Å². The summed E-state index contributed by atoms with van der Waals surface area (Å²) in [5.41, 5.74) is 9.16. The molecule has 31 heavy (non-hydrogen) atoms. The topological polar surface area (TPSA) is 71.7 Å². The molecule has 5 nitrogen and oxygen atoms in total. The zero-order chi connectivity index (χ0) is 22.7. The van der Waals surface area contributed by atoms with Crippen molar-refractivity contribution in [2.45, 2.75) is 6.18 Å². The number of hydrogen-bond acceptors (Lipinski definition) is 6. The maximum Gasteiger partial charge on any atom is 0.416 e. The van der Waals surface area contributed by atoms with Gasteiger partial charge in [0.2, 0.25) is 0 Å². The number of allylic oxidation sites excluding steroid dienone is 1. The van der Waals surface area contributed by atoms with Crippen molar-refractivity contribution < 1.29 is 17.9 Å². The molecule has 0 atom stereocenters. The van der Waals surface area contributed by atoms with Gasteiger partial charge in [-0.2, -0.15) is 13.2 Å². The van der Waals surface area contributed by atoms with Crippen molar-refractivity contribution in [3.8, 4) is 11.1 Å². The van der Waals surface area contributed by atoms with Crippen molar-refractivity contribution in [2.75, 3.05) is 44.9 Å². The van der Waals surface area contributed by atoms with Crippen LogP contribution in [0.1, 0.15) is 11.1 Å². The number of methoxy groups -OCH3 is 1. The molecule has 0 unspecified atom stereocenters. The Hall–Kier alpha value is -2.49. The predicted octanol–water partition coefficient (Wildman–Crippen LogP) is 4.67. The van der Waals surface area contributed by atoms with E-state index in [-0.39, 0.29) is 0 Å². The first-order chi connectivity index (χ1) is 14.9. The van der Waals surface area contributed by atoms with Crippen molar-refractivity contribution in [3.63, 3.8) is 0 Å². The first-order valence-electron chi connectivity index (χ1n) is 9.65. The summed E-state index contributed by atoms with van der Waals surface area (Å²) < 4.78 is 46.5. The lowest BCUT2D eigenvalue weighted by atomic mass is 9.99. The fraction of sp³-hybridized carbons (Fsp3) is 0.318. The molecule has 0 saturated heterocycles. The first kappa shape index (κ1) is 24.8. The van der Waals surface area contributed by atoms with Crippen molar-refractivity contribution in [3.05, 3.63) is 59.7 Å². The summed E-state index contributed by atoms with van der Waals surface area (Å²) in [5.74, 6) is 0.846. The van der Waals surface area contributed by atoms with Crippen LogP contribution in [0.2, 0.25) is 0 Å². The summed E-state index contributed by atoms with van der Waals surface area (Å²) in [6, 6.07) is 10.7. The molecule has 2 aromatic carbocycles. The summed E-state index contributed by atoms with van der Waals surface area (Å²) in [4.78, 5) is 4.21. The molecule has 0 aliphatic rings. The second-order valence-electron chi connectivity index (χ2n) is 6.48. The van der Waals surface area contributed by atoms with E-state index in [0.29, 0.717) is 31.0 Å². The van der Waals surface area contributed by atoms with E-state index >= 15 is 0 Å². The maximum absolute atomic E-state index is 12.9. The van der Waals surface area contributed by atoms with Gasteiger partial charge in [-0.1, -0.05) is 30.1 Å². The molecular weight excluding hydrogens is 425 g/mol. The van der Waals surface area contributed by atoms with Crippen LogP contribution in [0.15, 0.2) is 53.5 Å². The minimum atomic E-state index is -4.36. The van der Waals surface area contributed by atoms with E-state index in [1.165, 1.54) is 12.1 Å². The molecule has 0 aliphatic heterocycles. The highest BCUT2D eigenvalue weighted by Gasteiger charge is 2.29. The number of anilines is 1. The number of nitrogens with one attached hydrogen (secondary N) is 2. The van der Waals surface area contributed by atoms with Crippen molar-refractivity contribution in [2.24, 2.45) is 10.7 Å². The molecule has 0 radical (unpaired) electrons. The highest BCUT2D eigenvalue weighted by Crippen LogP contribution is 2.32. The molecule has 0 amide bonds. The van der Waals surface area contributed by atoms with E-state index in [9.17, 15) is 13.2 Å². The van der Waals surface area contributed by atoms with Gasteiger partial charge < -0.3 is 15.8 Å². The molecule has 2 rings (SSSR count). The summed E-state index contributed by atoms with van der Waals surface area (Å²) in [5, 5.41) is 3.35. The molecule has 0 saturated carbocycles. The van der Waals surface area contributed by atoms with Crippen LogP contribution >= 0.6 is 11.9 Å². The molecule has 0 aromatic heterocycles. The van der Waals surface area contributed by atoms with Crippen LogP contribution in [0.4, 0.5) is 18.9 Å². The van der Waals surface area contributed by atoms with Gasteiger partial charge in [-0.05, 0) is 48.5 Å². The van der Waals surface area contributed by atoms with E-state index in [2.05, 4.69) is 15.0 Å². The zero-order valence-corrected chi connectivity index (χ0v) is 18.3. The minimum absolute atomic E-state index is 0.499. The van der Waals surface area contributed by atoms with E-state index in [0.717, 1.165) is 34.7 Å². The monoisotopic (exact) mass is 452 g/mol. The van der Waals surface area contributed by atoms with Crippen LogP contribution in [0.5, 0.6) is 0 Å². The van der Waals surface area contributed by atoms with E-state index < -0.39 is 11.7 Å². The Bertz CT molecular complexity index is 883. The van der Waals surface area contributed by atoms with Crippen LogP contribution in [0, 0.1) is 0 Å².